The van der Waals surface area contributed by atoms with E-state index in [1.807, 2.05) is 26.0 Å². The van der Waals surface area contributed by atoms with E-state index in [0.29, 0.717) is 36.0 Å². The highest BCUT2D eigenvalue weighted by atomic mass is 79.9. The van der Waals surface area contributed by atoms with Crippen molar-refractivity contribution in [2.75, 3.05) is 18.9 Å². The van der Waals surface area contributed by atoms with E-state index in [1.165, 1.54) is 0 Å². The predicted molar refractivity (Wildman–Crippen MR) is 107 cm³/mol. The van der Waals surface area contributed by atoms with Crippen LogP contribution in [0.4, 0.5) is 5.69 Å². The summed E-state index contributed by atoms with van der Waals surface area (Å²) in [5.74, 6) is 0.978. The quantitative estimate of drug-likeness (QED) is 0.384. The third kappa shape index (κ3) is 5.49. The van der Waals surface area contributed by atoms with Crippen LogP contribution < -0.4 is 20.6 Å². The Kier molecular flexibility index (Phi) is 7.47. The van der Waals surface area contributed by atoms with Crippen LogP contribution in [0.25, 0.3) is 0 Å². The van der Waals surface area contributed by atoms with Crippen LogP contribution in [-0.2, 0) is 0 Å². The molecule has 7 heteroatoms. The number of anilines is 1. The monoisotopic (exact) mass is 419 g/mol. The molecule has 0 saturated carbocycles. The summed E-state index contributed by atoms with van der Waals surface area (Å²) in [5.41, 5.74) is 9.95. The zero-order valence-electron chi connectivity index (χ0n) is 14.8. The molecule has 2 rings (SSSR count). The molecular formula is C19H22BrN3O3. The summed E-state index contributed by atoms with van der Waals surface area (Å²) >= 11 is 3.50. The minimum absolute atomic E-state index is 0.312. The normalized spacial score (nSPS) is 10.7. The lowest BCUT2D eigenvalue weighted by atomic mass is 10.2. The van der Waals surface area contributed by atoms with Gasteiger partial charge in [-0.05, 0) is 71.2 Å². The molecule has 0 aliphatic carbocycles. The van der Waals surface area contributed by atoms with Gasteiger partial charge in [0.25, 0.3) is 5.91 Å². The lowest BCUT2D eigenvalue weighted by Crippen LogP contribution is -2.17. The van der Waals surface area contributed by atoms with Gasteiger partial charge in [-0.3, -0.25) is 4.79 Å². The Balaban J connectivity index is 2.11. The van der Waals surface area contributed by atoms with Crippen LogP contribution in [0.5, 0.6) is 11.5 Å². The Bertz CT molecular complexity index is 776. The summed E-state index contributed by atoms with van der Waals surface area (Å²) in [5, 5.41) is 4.00. The second kappa shape index (κ2) is 9.82. The zero-order chi connectivity index (χ0) is 18.9. The Labute approximate surface area is 161 Å². The molecule has 26 heavy (non-hydrogen) atoms. The SMILES string of the molecule is CCCOc1c(Br)cc(/C=N\NC(=O)c2ccc(N)cc2)cc1OCC. The predicted octanol–water partition coefficient (Wildman–Crippen LogP) is 3.98. The maximum Gasteiger partial charge on any atom is 0.271 e. The number of hydrogen-bond donors (Lipinski definition) is 2. The van der Waals surface area contributed by atoms with Crippen molar-refractivity contribution in [2.24, 2.45) is 5.10 Å². The molecule has 2 aromatic carbocycles. The number of carbonyl (C=O) groups is 1. The van der Waals surface area contributed by atoms with Crippen molar-refractivity contribution in [3.8, 4) is 11.5 Å². The molecule has 0 fully saturated rings. The lowest BCUT2D eigenvalue weighted by molar-refractivity contribution is 0.0955. The van der Waals surface area contributed by atoms with Crippen LogP contribution in [-0.4, -0.2) is 25.3 Å². The fraction of sp³-hybridized carbons (Fsp3) is 0.263. The van der Waals surface area contributed by atoms with Gasteiger partial charge in [0.05, 0.1) is 23.9 Å². The van der Waals surface area contributed by atoms with Gasteiger partial charge in [-0.15, -0.1) is 0 Å². The largest absolute Gasteiger partial charge is 0.490 e. The van der Waals surface area contributed by atoms with Crippen molar-refractivity contribution < 1.29 is 14.3 Å². The van der Waals surface area contributed by atoms with Crippen LogP contribution in [0, 0.1) is 0 Å². The molecule has 0 radical (unpaired) electrons. The topological polar surface area (TPSA) is 85.9 Å². The van der Waals surface area contributed by atoms with Gasteiger partial charge in [0.1, 0.15) is 0 Å². The molecular weight excluding hydrogens is 398 g/mol. The van der Waals surface area contributed by atoms with Gasteiger partial charge in [-0.2, -0.15) is 5.10 Å². The van der Waals surface area contributed by atoms with Crippen molar-refractivity contribution in [3.05, 3.63) is 52.0 Å². The van der Waals surface area contributed by atoms with Crippen molar-refractivity contribution in [3.63, 3.8) is 0 Å². The second-order valence-electron chi connectivity index (χ2n) is 5.43. The van der Waals surface area contributed by atoms with Crippen molar-refractivity contribution in [1.82, 2.24) is 5.43 Å². The number of nitrogen functional groups attached to an aromatic ring is 1. The second-order valence-corrected chi connectivity index (χ2v) is 6.29. The highest BCUT2D eigenvalue weighted by Crippen LogP contribution is 2.36. The Hall–Kier alpha value is -2.54. The third-order valence-corrected chi connectivity index (χ3v) is 3.92. The molecule has 0 aromatic heterocycles. The van der Waals surface area contributed by atoms with Crippen LogP contribution in [0.2, 0.25) is 0 Å². The average Bonchev–Trinajstić information content (AvgIpc) is 2.62. The van der Waals surface area contributed by atoms with E-state index >= 15 is 0 Å². The summed E-state index contributed by atoms with van der Waals surface area (Å²) in [6.45, 7) is 5.07. The molecule has 0 saturated heterocycles. The van der Waals surface area contributed by atoms with Crippen molar-refractivity contribution >= 4 is 33.7 Å². The van der Waals surface area contributed by atoms with Crippen LogP contribution in [0.3, 0.4) is 0 Å². The molecule has 0 heterocycles. The Morgan fingerprint density at radius 3 is 2.62 bits per heavy atom. The standard InChI is InChI=1S/C19H22BrN3O3/c1-3-9-26-18-16(20)10-13(11-17(18)25-4-2)12-22-23-19(24)14-5-7-15(21)8-6-14/h5-8,10-12H,3-4,9,21H2,1-2H3,(H,23,24)/b22-12-. The lowest BCUT2D eigenvalue weighted by Gasteiger charge is -2.14. The molecule has 3 N–H and O–H groups in total. The summed E-state index contributed by atoms with van der Waals surface area (Å²) in [6.07, 6.45) is 2.45. The summed E-state index contributed by atoms with van der Waals surface area (Å²) in [4.78, 5) is 12.0. The molecule has 0 aliphatic rings. The Morgan fingerprint density at radius 2 is 1.96 bits per heavy atom. The van der Waals surface area contributed by atoms with Gasteiger partial charge >= 0.3 is 0 Å². The van der Waals surface area contributed by atoms with Gasteiger partial charge in [-0.25, -0.2) is 5.43 Å². The molecule has 2 aromatic rings. The summed E-state index contributed by atoms with van der Waals surface area (Å²) < 4.78 is 12.2. The van der Waals surface area contributed by atoms with Crippen LogP contribution in [0.15, 0.2) is 46.0 Å². The van der Waals surface area contributed by atoms with E-state index in [0.717, 1.165) is 16.5 Å². The number of halogens is 1. The molecule has 0 spiro atoms. The number of benzene rings is 2. The number of ether oxygens (including phenoxy) is 2. The first-order chi connectivity index (χ1) is 12.5. The fourth-order valence-electron chi connectivity index (χ4n) is 2.13. The molecule has 138 valence electrons. The number of nitrogens with one attached hydrogen (secondary N) is 1. The maximum atomic E-state index is 12.0. The first-order valence-electron chi connectivity index (χ1n) is 8.33. The third-order valence-electron chi connectivity index (χ3n) is 3.33. The number of nitrogens with zero attached hydrogens (tertiary/aromatic N) is 1. The molecule has 6 nitrogen and oxygen atoms in total. The van der Waals surface area contributed by atoms with E-state index in [1.54, 1.807) is 30.5 Å². The van der Waals surface area contributed by atoms with E-state index in [9.17, 15) is 4.79 Å². The number of rotatable bonds is 8. The first kappa shape index (κ1) is 19.8. The number of carbonyl (C=O) groups excluding carboxylic acids is 1. The van der Waals surface area contributed by atoms with E-state index in [-0.39, 0.29) is 5.91 Å². The number of nitrogens with two attached hydrogens (primary N) is 1. The molecule has 0 unspecified atom stereocenters. The number of hydrogen-bond acceptors (Lipinski definition) is 5. The fourth-order valence-corrected chi connectivity index (χ4v) is 2.71. The average molecular weight is 420 g/mol. The first-order valence-corrected chi connectivity index (χ1v) is 9.12. The molecule has 1 amide bonds. The van der Waals surface area contributed by atoms with Crippen LogP contribution >= 0.6 is 15.9 Å². The highest BCUT2D eigenvalue weighted by molar-refractivity contribution is 9.10. The van der Waals surface area contributed by atoms with Gasteiger partial charge in [0.2, 0.25) is 0 Å². The number of amides is 1. The van der Waals surface area contributed by atoms with E-state index in [4.69, 9.17) is 15.2 Å². The maximum absolute atomic E-state index is 12.0. The van der Waals surface area contributed by atoms with Crippen molar-refractivity contribution in [1.29, 1.82) is 0 Å². The zero-order valence-corrected chi connectivity index (χ0v) is 16.4. The smallest absolute Gasteiger partial charge is 0.271 e. The summed E-state index contributed by atoms with van der Waals surface area (Å²) in [6, 6.07) is 10.3. The Morgan fingerprint density at radius 1 is 1.23 bits per heavy atom. The minimum Gasteiger partial charge on any atom is -0.490 e. The van der Waals surface area contributed by atoms with Gasteiger partial charge in [0, 0.05) is 11.3 Å². The molecule has 0 bridgehead atoms. The molecule has 0 atom stereocenters. The van der Waals surface area contributed by atoms with E-state index in [2.05, 4.69) is 26.5 Å². The van der Waals surface area contributed by atoms with Gasteiger partial charge in [-0.1, -0.05) is 6.92 Å². The number of hydrazone groups is 1. The van der Waals surface area contributed by atoms with Crippen molar-refractivity contribution in [2.45, 2.75) is 20.3 Å². The highest BCUT2D eigenvalue weighted by Gasteiger charge is 2.11. The van der Waals surface area contributed by atoms with Crippen LogP contribution in [0.1, 0.15) is 36.2 Å². The summed E-state index contributed by atoms with van der Waals surface area (Å²) in [7, 11) is 0. The molecule has 0 aliphatic heterocycles. The van der Waals surface area contributed by atoms with Gasteiger partial charge < -0.3 is 15.2 Å². The van der Waals surface area contributed by atoms with Gasteiger partial charge in [0.15, 0.2) is 11.5 Å². The van der Waals surface area contributed by atoms with E-state index < -0.39 is 0 Å². The minimum atomic E-state index is -0.312.